The quantitative estimate of drug-likeness (QED) is 0.436. The number of esters is 2. The Morgan fingerprint density at radius 2 is 1.29 bits per heavy atom. The van der Waals surface area contributed by atoms with Gasteiger partial charge >= 0.3 is 11.9 Å². The molecule has 0 aromatic rings. The highest BCUT2D eigenvalue weighted by molar-refractivity contribution is 5.71. The maximum absolute atomic E-state index is 12.6. The Labute approximate surface area is 208 Å². The smallest absolute Gasteiger partial charge is 0.311 e. The monoisotopic (exact) mass is 502 g/mol. The largest absolute Gasteiger partial charge is 0.462 e. The fraction of sp³-hybridized carbons (Fsp3) is 0.920. The third-order valence-corrected chi connectivity index (χ3v) is 6.39. The van der Waals surface area contributed by atoms with E-state index in [1.54, 1.807) is 20.8 Å². The lowest BCUT2D eigenvalue weighted by Gasteiger charge is -2.41. The minimum absolute atomic E-state index is 0.00386. The maximum Gasteiger partial charge on any atom is 0.311 e. The van der Waals surface area contributed by atoms with Crippen LogP contribution in [0.5, 0.6) is 0 Å². The molecule has 10 heteroatoms. The first kappa shape index (κ1) is 28.3. The van der Waals surface area contributed by atoms with Gasteiger partial charge in [0.25, 0.3) is 0 Å². The predicted octanol–water partition coefficient (Wildman–Crippen LogP) is 3.24. The molecule has 3 rings (SSSR count). The summed E-state index contributed by atoms with van der Waals surface area (Å²) in [4.78, 5) is 25.2. The molecule has 6 unspecified atom stereocenters. The number of hydrogen-bond acceptors (Lipinski definition) is 10. The molecule has 0 N–H and O–H groups in total. The average molecular weight is 503 g/mol. The molecule has 3 heterocycles. The van der Waals surface area contributed by atoms with Gasteiger partial charge in [-0.1, -0.05) is 0 Å². The van der Waals surface area contributed by atoms with Crippen LogP contribution < -0.4 is 0 Å². The van der Waals surface area contributed by atoms with E-state index in [0.29, 0.717) is 26.2 Å². The first-order valence-electron chi connectivity index (χ1n) is 12.7. The van der Waals surface area contributed by atoms with Crippen molar-refractivity contribution >= 4 is 11.9 Å². The van der Waals surface area contributed by atoms with Gasteiger partial charge in [-0.2, -0.15) is 0 Å². The summed E-state index contributed by atoms with van der Waals surface area (Å²) < 4.78 is 46.2. The van der Waals surface area contributed by atoms with E-state index in [4.69, 9.17) is 37.9 Å². The molecule has 0 aromatic heterocycles. The van der Waals surface area contributed by atoms with Crippen LogP contribution in [-0.2, 0) is 47.5 Å². The van der Waals surface area contributed by atoms with Crippen molar-refractivity contribution in [1.82, 2.24) is 0 Å². The highest BCUT2D eigenvalue weighted by atomic mass is 16.7. The zero-order chi connectivity index (χ0) is 25.7. The van der Waals surface area contributed by atoms with Crippen LogP contribution in [0.15, 0.2) is 0 Å². The van der Waals surface area contributed by atoms with Gasteiger partial charge in [-0.05, 0) is 60.8 Å². The third kappa shape index (κ3) is 8.65. The topological polar surface area (TPSA) is 108 Å². The standard InChI is InChI=1S/C25H42O10/c1-17-7-10-29-23(5,33-17)14-21(26)28-16-25(31-12-9-19(3)35-25)13-20(4)32-22(27)15-24(6)30-11-8-18(2)34-24/h17-20H,7-16H2,1-6H3/t17?,18?,19?,20-,23?,24?,25?/m0/s1. The average Bonchev–Trinajstić information content (AvgIpc) is 2.71. The van der Waals surface area contributed by atoms with Gasteiger partial charge in [0.05, 0.1) is 51.0 Å². The summed E-state index contributed by atoms with van der Waals surface area (Å²) in [6.07, 6.45) is 1.76. The molecule has 35 heavy (non-hydrogen) atoms. The maximum atomic E-state index is 12.6. The highest BCUT2D eigenvalue weighted by Crippen LogP contribution is 2.32. The Bertz CT molecular complexity index is 731. The lowest BCUT2D eigenvalue weighted by molar-refractivity contribution is -0.316. The van der Waals surface area contributed by atoms with Crippen molar-refractivity contribution in [1.29, 1.82) is 0 Å². The molecule has 10 nitrogen and oxygen atoms in total. The Morgan fingerprint density at radius 3 is 1.80 bits per heavy atom. The molecule has 0 spiro atoms. The van der Waals surface area contributed by atoms with Crippen LogP contribution in [0, 0.1) is 0 Å². The summed E-state index contributed by atoms with van der Waals surface area (Å²) in [5, 5.41) is 0. The highest BCUT2D eigenvalue weighted by Gasteiger charge is 2.43. The Morgan fingerprint density at radius 1 is 0.800 bits per heavy atom. The number of carbonyl (C=O) groups is 2. The summed E-state index contributed by atoms with van der Waals surface area (Å²) in [5.74, 6) is -4.18. The molecule has 3 aliphatic heterocycles. The zero-order valence-corrected chi connectivity index (χ0v) is 22.0. The third-order valence-electron chi connectivity index (χ3n) is 6.39. The van der Waals surface area contributed by atoms with Crippen molar-refractivity contribution in [3.05, 3.63) is 0 Å². The molecular formula is C25H42O10. The first-order chi connectivity index (χ1) is 16.4. The lowest BCUT2D eigenvalue weighted by Crippen LogP contribution is -2.51. The van der Waals surface area contributed by atoms with Gasteiger partial charge < -0.3 is 37.9 Å². The van der Waals surface area contributed by atoms with Crippen LogP contribution in [0.3, 0.4) is 0 Å². The van der Waals surface area contributed by atoms with Crippen molar-refractivity contribution in [3.63, 3.8) is 0 Å². The fourth-order valence-electron chi connectivity index (χ4n) is 4.73. The molecule has 0 bridgehead atoms. The molecule has 0 saturated carbocycles. The van der Waals surface area contributed by atoms with Gasteiger partial charge in [0, 0.05) is 6.42 Å². The second kappa shape index (κ2) is 11.8. The van der Waals surface area contributed by atoms with Crippen LogP contribution in [0.1, 0.15) is 80.1 Å². The van der Waals surface area contributed by atoms with E-state index < -0.39 is 35.4 Å². The normalized spacial score (nSPS) is 39.0. The minimum atomic E-state index is -1.22. The fourth-order valence-corrected chi connectivity index (χ4v) is 4.73. The van der Waals surface area contributed by atoms with Crippen molar-refractivity contribution in [2.75, 3.05) is 26.4 Å². The predicted molar refractivity (Wildman–Crippen MR) is 123 cm³/mol. The van der Waals surface area contributed by atoms with E-state index >= 15 is 0 Å². The van der Waals surface area contributed by atoms with Gasteiger partial charge in [0.15, 0.2) is 11.6 Å². The van der Waals surface area contributed by atoms with E-state index in [2.05, 4.69) is 0 Å². The second-order valence-corrected chi connectivity index (χ2v) is 10.4. The van der Waals surface area contributed by atoms with Crippen LogP contribution in [-0.4, -0.2) is 80.1 Å². The molecule has 3 aliphatic rings. The van der Waals surface area contributed by atoms with Gasteiger partial charge in [-0.3, -0.25) is 9.59 Å². The van der Waals surface area contributed by atoms with Crippen molar-refractivity contribution in [3.8, 4) is 0 Å². The van der Waals surface area contributed by atoms with Crippen LogP contribution in [0.2, 0.25) is 0 Å². The lowest BCUT2D eigenvalue weighted by atomic mass is 10.1. The van der Waals surface area contributed by atoms with Crippen molar-refractivity contribution < 1.29 is 47.5 Å². The van der Waals surface area contributed by atoms with E-state index in [9.17, 15) is 9.59 Å². The van der Waals surface area contributed by atoms with Gasteiger partial charge in [-0.15, -0.1) is 0 Å². The van der Waals surface area contributed by atoms with Gasteiger partial charge in [0.1, 0.15) is 12.7 Å². The van der Waals surface area contributed by atoms with E-state index in [1.807, 2.05) is 20.8 Å². The summed E-state index contributed by atoms with van der Waals surface area (Å²) in [6.45, 7) is 12.4. The molecule has 0 radical (unpaired) electrons. The minimum Gasteiger partial charge on any atom is -0.462 e. The number of hydrogen-bond donors (Lipinski definition) is 0. The molecule has 3 saturated heterocycles. The summed E-state index contributed by atoms with van der Waals surface area (Å²) in [7, 11) is 0. The van der Waals surface area contributed by atoms with E-state index in [1.165, 1.54) is 0 Å². The van der Waals surface area contributed by atoms with Crippen molar-refractivity contribution in [2.45, 2.75) is 122 Å². The van der Waals surface area contributed by atoms with Crippen LogP contribution in [0.4, 0.5) is 0 Å². The number of ether oxygens (including phenoxy) is 8. The van der Waals surface area contributed by atoms with E-state index in [0.717, 1.165) is 12.8 Å². The summed E-state index contributed by atoms with van der Waals surface area (Å²) in [5.41, 5.74) is 0. The number of carbonyl (C=O) groups excluding carboxylic acids is 2. The van der Waals surface area contributed by atoms with E-state index in [-0.39, 0.29) is 44.2 Å². The Kier molecular flexibility index (Phi) is 9.56. The van der Waals surface area contributed by atoms with Gasteiger partial charge in [0.2, 0.25) is 5.79 Å². The molecule has 3 fully saturated rings. The number of rotatable bonds is 9. The molecule has 7 atom stereocenters. The summed E-state index contributed by atoms with van der Waals surface area (Å²) in [6, 6.07) is 0. The molecule has 0 amide bonds. The Hall–Kier alpha value is -1.30. The van der Waals surface area contributed by atoms with Crippen molar-refractivity contribution in [2.24, 2.45) is 0 Å². The second-order valence-electron chi connectivity index (χ2n) is 10.4. The molecular weight excluding hydrogens is 460 g/mol. The SMILES string of the molecule is CC1CCOC(C)(CC(=O)OCC2(C[C@H](C)OC(=O)CC3(C)OCCC(C)O3)OCCC(C)O2)O1. The molecule has 0 aliphatic carbocycles. The van der Waals surface area contributed by atoms with Gasteiger partial charge in [-0.25, -0.2) is 0 Å². The zero-order valence-electron chi connectivity index (χ0n) is 22.0. The van der Waals surface area contributed by atoms with Crippen LogP contribution >= 0.6 is 0 Å². The van der Waals surface area contributed by atoms with Crippen LogP contribution in [0.25, 0.3) is 0 Å². The Balaban J connectivity index is 1.54. The first-order valence-corrected chi connectivity index (χ1v) is 12.7. The molecule has 202 valence electrons. The summed E-state index contributed by atoms with van der Waals surface area (Å²) >= 11 is 0. The molecule has 0 aromatic carbocycles.